The number of rotatable bonds is 7. The molecular formula is C21H20N4O4. The Kier molecular flexibility index (Phi) is 6.36. The van der Waals surface area contributed by atoms with Gasteiger partial charge >= 0.3 is 0 Å². The van der Waals surface area contributed by atoms with Crippen LogP contribution in [0.1, 0.15) is 12.5 Å². The smallest absolute Gasteiger partial charge is 0.228 e. The third-order valence-corrected chi connectivity index (χ3v) is 3.85. The van der Waals surface area contributed by atoms with Gasteiger partial charge in [0.25, 0.3) is 0 Å². The van der Waals surface area contributed by atoms with E-state index in [0.717, 1.165) is 5.56 Å². The van der Waals surface area contributed by atoms with Crippen LogP contribution in [0.4, 0.5) is 11.5 Å². The van der Waals surface area contributed by atoms with Crippen LogP contribution in [-0.4, -0.2) is 28.9 Å². The van der Waals surface area contributed by atoms with Crippen molar-refractivity contribution < 1.29 is 19.1 Å². The number of nitrogens with zero attached hydrogens (tertiary/aromatic N) is 2. The standard InChI is InChI=1S/C21H20N4O4/c1-14(26)24-19-12-21(23-13-22-19)29-17-9-7-16(8-10-17)25-20(27)11-15-5-3-4-6-18(15)28-2/h3-10,12-13H,11H2,1-2H3,(H,25,27)(H,22,23,24,26). The first kappa shape index (κ1) is 19.8. The summed E-state index contributed by atoms with van der Waals surface area (Å²) in [7, 11) is 1.58. The number of methoxy groups -OCH3 is 1. The van der Waals surface area contributed by atoms with Gasteiger partial charge in [0.15, 0.2) is 0 Å². The highest BCUT2D eigenvalue weighted by Gasteiger charge is 2.09. The van der Waals surface area contributed by atoms with Gasteiger partial charge in [0.05, 0.1) is 13.5 Å². The minimum Gasteiger partial charge on any atom is -0.496 e. The maximum absolute atomic E-state index is 12.3. The topological polar surface area (TPSA) is 102 Å². The molecule has 0 radical (unpaired) electrons. The number of para-hydroxylation sites is 1. The van der Waals surface area contributed by atoms with Gasteiger partial charge in [-0.3, -0.25) is 9.59 Å². The summed E-state index contributed by atoms with van der Waals surface area (Å²) < 4.78 is 10.9. The van der Waals surface area contributed by atoms with Crippen LogP contribution in [0.15, 0.2) is 60.9 Å². The second kappa shape index (κ2) is 9.32. The summed E-state index contributed by atoms with van der Waals surface area (Å²) in [6, 6.07) is 15.8. The monoisotopic (exact) mass is 392 g/mol. The third-order valence-electron chi connectivity index (χ3n) is 3.85. The Morgan fingerprint density at radius 3 is 2.48 bits per heavy atom. The van der Waals surface area contributed by atoms with Gasteiger partial charge in [-0.1, -0.05) is 18.2 Å². The van der Waals surface area contributed by atoms with Crippen molar-refractivity contribution in [3.05, 3.63) is 66.5 Å². The van der Waals surface area contributed by atoms with Gasteiger partial charge in [-0.15, -0.1) is 0 Å². The number of carbonyl (C=O) groups excluding carboxylic acids is 2. The van der Waals surface area contributed by atoms with Gasteiger partial charge in [0, 0.05) is 24.2 Å². The van der Waals surface area contributed by atoms with Crippen molar-refractivity contribution in [2.45, 2.75) is 13.3 Å². The number of ether oxygens (including phenoxy) is 2. The molecule has 0 spiro atoms. The number of aromatic nitrogens is 2. The second-order valence-corrected chi connectivity index (χ2v) is 6.09. The molecule has 3 rings (SSSR count). The highest BCUT2D eigenvalue weighted by atomic mass is 16.5. The van der Waals surface area contributed by atoms with Crippen LogP contribution in [0.2, 0.25) is 0 Å². The quantitative estimate of drug-likeness (QED) is 0.639. The lowest BCUT2D eigenvalue weighted by molar-refractivity contribution is -0.116. The first-order valence-electron chi connectivity index (χ1n) is 8.83. The van der Waals surface area contributed by atoms with Crippen molar-refractivity contribution in [1.82, 2.24) is 9.97 Å². The molecule has 148 valence electrons. The molecule has 8 heteroatoms. The van der Waals surface area contributed by atoms with Crippen LogP contribution < -0.4 is 20.1 Å². The average molecular weight is 392 g/mol. The molecule has 2 amide bonds. The van der Waals surface area contributed by atoms with Gasteiger partial charge in [0.2, 0.25) is 17.7 Å². The fourth-order valence-electron chi connectivity index (χ4n) is 2.60. The van der Waals surface area contributed by atoms with Gasteiger partial charge in [0.1, 0.15) is 23.6 Å². The zero-order valence-electron chi connectivity index (χ0n) is 16.0. The zero-order chi connectivity index (χ0) is 20.6. The number of hydrogen-bond acceptors (Lipinski definition) is 6. The lowest BCUT2D eigenvalue weighted by Crippen LogP contribution is -2.14. The Bertz CT molecular complexity index is 1010. The summed E-state index contributed by atoms with van der Waals surface area (Å²) in [6.07, 6.45) is 1.50. The largest absolute Gasteiger partial charge is 0.496 e. The predicted molar refractivity (Wildman–Crippen MR) is 108 cm³/mol. The van der Waals surface area contributed by atoms with Crippen LogP contribution in [0.5, 0.6) is 17.4 Å². The van der Waals surface area contributed by atoms with Crippen molar-refractivity contribution in [3.63, 3.8) is 0 Å². The highest BCUT2D eigenvalue weighted by molar-refractivity contribution is 5.92. The van der Waals surface area contributed by atoms with Crippen molar-refractivity contribution in [2.24, 2.45) is 0 Å². The first-order valence-corrected chi connectivity index (χ1v) is 8.83. The molecule has 0 aliphatic heterocycles. The van der Waals surface area contributed by atoms with Crippen LogP contribution in [0, 0.1) is 0 Å². The van der Waals surface area contributed by atoms with Gasteiger partial charge in [-0.2, -0.15) is 0 Å². The maximum Gasteiger partial charge on any atom is 0.228 e. The molecule has 0 fully saturated rings. The summed E-state index contributed by atoms with van der Waals surface area (Å²) >= 11 is 0. The number of carbonyl (C=O) groups is 2. The fourth-order valence-corrected chi connectivity index (χ4v) is 2.60. The van der Waals surface area contributed by atoms with Gasteiger partial charge < -0.3 is 20.1 Å². The molecule has 1 aromatic heterocycles. The number of hydrogen-bond donors (Lipinski definition) is 2. The van der Waals surface area contributed by atoms with E-state index in [1.165, 1.54) is 19.3 Å². The van der Waals surface area contributed by atoms with E-state index in [4.69, 9.17) is 9.47 Å². The van der Waals surface area contributed by atoms with Crippen LogP contribution in [-0.2, 0) is 16.0 Å². The van der Waals surface area contributed by atoms with Crippen molar-refractivity contribution in [1.29, 1.82) is 0 Å². The van der Waals surface area contributed by atoms with Gasteiger partial charge in [-0.25, -0.2) is 9.97 Å². The fraction of sp³-hybridized carbons (Fsp3) is 0.143. The van der Waals surface area contributed by atoms with E-state index < -0.39 is 0 Å². The summed E-state index contributed by atoms with van der Waals surface area (Å²) in [5, 5.41) is 5.40. The molecule has 0 saturated carbocycles. The predicted octanol–water partition coefficient (Wildman–Crippen LogP) is 3.42. The van der Waals surface area contributed by atoms with Crippen molar-refractivity contribution in [2.75, 3.05) is 17.7 Å². The Morgan fingerprint density at radius 2 is 1.76 bits per heavy atom. The summed E-state index contributed by atoms with van der Waals surface area (Å²) in [5.41, 5.74) is 1.45. The Morgan fingerprint density at radius 1 is 1.00 bits per heavy atom. The minimum atomic E-state index is -0.233. The molecule has 2 N–H and O–H groups in total. The normalized spacial score (nSPS) is 10.1. The van der Waals surface area contributed by atoms with Crippen LogP contribution >= 0.6 is 0 Å². The molecular weight excluding hydrogens is 372 g/mol. The zero-order valence-corrected chi connectivity index (χ0v) is 16.0. The van der Waals surface area contributed by atoms with Gasteiger partial charge in [-0.05, 0) is 30.3 Å². The molecule has 0 atom stereocenters. The molecule has 0 bridgehead atoms. The van der Waals surface area contributed by atoms with E-state index in [2.05, 4.69) is 20.6 Å². The molecule has 1 heterocycles. The Hall–Kier alpha value is -3.94. The Labute approximate surface area is 167 Å². The number of amides is 2. The minimum absolute atomic E-state index is 0.154. The number of benzene rings is 2. The van der Waals surface area contributed by atoms with E-state index in [9.17, 15) is 9.59 Å². The average Bonchev–Trinajstić information content (AvgIpc) is 2.69. The molecule has 0 saturated heterocycles. The van der Waals surface area contributed by atoms with E-state index in [1.54, 1.807) is 31.4 Å². The molecule has 2 aromatic carbocycles. The third kappa shape index (κ3) is 5.77. The van der Waals surface area contributed by atoms with E-state index in [0.29, 0.717) is 23.0 Å². The second-order valence-electron chi connectivity index (χ2n) is 6.09. The molecule has 3 aromatic rings. The maximum atomic E-state index is 12.3. The molecule has 8 nitrogen and oxygen atoms in total. The first-order chi connectivity index (χ1) is 14.0. The lowest BCUT2D eigenvalue weighted by Gasteiger charge is -2.10. The van der Waals surface area contributed by atoms with E-state index in [1.807, 2.05) is 24.3 Å². The summed E-state index contributed by atoms with van der Waals surface area (Å²) in [5.74, 6) is 1.45. The molecule has 0 aliphatic rings. The number of nitrogens with one attached hydrogen (secondary N) is 2. The number of anilines is 2. The van der Waals surface area contributed by atoms with Crippen LogP contribution in [0.3, 0.4) is 0 Å². The van der Waals surface area contributed by atoms with Crippen LogP contribution in [0.25, 0.3) is 0 Å². The van der Waals surface area contributed by atoms with Crippen molar-refractivity contribution in [3.8, 4) is 17.4 Å². The summed E-state index contributed by atoms with van der Waals surface area (Å²) in [6.45, 7) is 1.39. The highest BCUT2D eigenvalue weighted by Crippen LogP contribution is 2.23. The summed E-state index contributed by atoms with van der Waals surface area (Å²) in [4.78, 5) is 31.4. The molecule has 0 unspecified atom stereocenters. The Balaban J connectivity index is 1.60. The SMILES string of the molecule is COc1ccccc1CC(=O)Nc1ccc(Oc2cc(NC(C)=O)ncn2)cc1. The molecule has 29 heavy (non-hydrogen) atoms. The lowest BCUT2D eigenvalue weighted by atomic mass is 10.1. The van der Waals surface area contributed by atoms with Crippen molar-refractivity contribution >= 4 is 23.3 Å². The van der Waals surface area contributed by atoms with E-state index in [-0.39, 0.29) is 24.1 Å². The molecule has 0 aliphatic carbocycles. The van der Waals surface area contributed by atoms with E-state index >= 15 is 0 Å².